The fourth-order valence-corrected chi connectivity index (χ4v) is 7.60. The summed E-state index contributed by atoms with van der Waals surface area (Å²) in [6.07, 6.45) is 4.65. The van der Waals surface area contributed by atoms with Gasteiger partial charge in [-0.25, -0.2) is 0 Å². The van der Waals surface area contributed by atoms with Crippen molar-refractivity contribution < 1.29 is 37.7 Å². The zero-order valence-electron chi connectivity index (χ0n) is 22.5. The number of hydrogen-bond donors (Lipinski definition) is 2. The Balaban J connectivity index is 1.21. The molecule has 216 valence electrons. The van der Waals surface area contributed by atoms with Gasteiger partial charge in [0.1, 0.15) is 17.5 Å². The molecule has 0 aromatic heterocycles. The van der Waals surface area contributed by atoms with Crippen LogP contribution in [-0.2, 0) is 16.6 Å². The fraction of sp³-hybridized carbons (Fsp3) is 0.452. The van der Waals surface area contributed by atoms with Crippen LogP contribution in [0.5, 0.6) is 17.2 Å². The lowest BCUT2D eigenvalue weighted by Gasteiger charge is -2.62. The summed E-state index contributed by atoms with van der Waals surface area (Å²) >= 11 is 0. The van der Waals surface area contributed by atoms with Crippen molar-refractivity contribution >= 4 is 12.0 Å². The van der Waals surface area contributed by atoms with Crippen molar-refractivity contribution in [3.05, 3.63) is 71.3 Å². The van der Waals surface area contributed by atoms with Crippen LogP contribution >= 0.6 is 0 Å². The number of halogens is 3. The minimum absolute atomic E-state index is 0.0160. The van der Waals surface area contributed by atoms with Gasteiger partial charge in [-0.2, -0.15) is 0 Å². The molecule has 1 saturated carbocycles. The number of likely N-dealkylation sites (tertiary alicyclic amines) is 1. The van der Waals surface area contributed by atoms with Gasteiger partial charge in [0.15, 0.2) is 11.5 Å². The van der Waals surface area contributed by atoms with Crippen LogP contribution in [0.2, 0.25) is 0 Å². The molecule has 7 rings (SSSR count). The van der Waals surface area contributed by atoms with E-state index in [-0.39, 0.29) is 23.4 Å². The number of nitrogens with zero attached hydrogens (tertiary/aromatic N) is 2. The summed E-state index contributed by atoms with van der Waals surface area (Å²) in [4.78, 5) is 17.3. The van der Waals surface area contributed by atoms with Crippen molar-refractivity contribution in [1.82, 2.24) is 9.80 Å². The first kappa shape index (κ1) is 26.4. The molecule has 5 aliphatic rings. The molecular weight excluding hydrogens is 537 g/mol. The number of ether oxygens (including phenoxy) is 2. The van der Waals surface area contributed by atoms with Gasteiger partial charge in [-0.15, -0.1) is 13.2 Å². The van der Waals surface area contributed by atoms with Gasteiger partial charge in [-0.1, -0.05) is 30.4 Å². The quantitative estimate of drug-likeness (QED) is 0.402. The lowest BCUT2D eigenvalue weighted by molar-refractivity contribution is -0.274. The molecule has 2 aromatic rings. The highest BCUT2D eigenvalue weighted by molar-refractivity contribution is 5.92. The molecule has 41 heavy (non-hydrogen) atoms. The van der Waals surface area contributed by atoms with Gasteiger partial charge in [-0.05, 0) is 73.5 Å². The number of alkyl halides is 3. The molecule has 2 bridgehead atoms. The number of hydrogen-bond acceptors (Lipinski definition) is 6. The summed E-state index contributed by atoms with van der Waals surface area (Å²) in [6.45, 7) is 1.73. The number of aromatic hydroxyl groups is 1. The number of phenols is 1. The van der Waals surface area contributed by atoms with Gasteiger partial charge in [0, 0.05) is 31.3 Å². The second-order valence-electron chi connectivity index (χ2n) is 11.9. The van der Waals surface area contributed by atoms with Crippen LogP contribution < -0.4 is 9.47 Å². The molecule has 1 saturated heterocycles. The molecule has 2 aromatic carbocycles. The number of likely N-dealkylation sites (N-methyl/N-ethyl adjacent to an activating group) is 1. The van der Waals surface area contributed by atoms with Crippen molar-refractivity contribution in [2.75, 3.05) is 20.1 Å². The number of benzene rings is 2. The first-order chi connectivity index (χ1) is 19.5. The minimum atomic E-state index is -4.81. The minimum Gasteiger partial charge on any atom is -0.504 e. The number of rotatable bonds is 6. The van der Waals surface area contributed by atoms with Crippen molar-refractivity contribution in [2.45, 2.75) is 61.2 Å². The van der Waals surface area contributed by atoms with Crippen molar-refractivity contribution in [3.63, 3.8) is 0 Å². The Morgan fingerprint density at radius 2 is 2.07 bits per heavy atom. The Morgan fingerprint density at radius 3 is 2.83 bits per heavy atom. The lowest BCUT2D eigenvalue weighted by Crippen LogP contribution is -2.76. The van der Waals surface area contributed by atoms with Gasteiger partial charge in [0.25, 0.3) is 0 Å². The highest BCUT2D eigenvalue weighted by atomic mass is 19.4. The smallest absolute Gasteiger partial charge is 0.504 e. The third-order valence-corrected chi connectivity index (χ3v) is 9.62. The highest BCUT2D eigenvalue weighted by Crippen LogP contribution is 2.64. The monoisotopic (exact) mass is 568 g/mol. The third-order valence-electron chi connectivity index (χ3n) is 9.62. The molecule has 7 nitrogen and oxygen atoms in total. The summed E-state index contributed by atoms with van der Waals surface area (Å²) in [6, 6.07) is 8.26. The second kappa shape index (κ2) is 9.00. The van der Waals surface area contributed by atoms with Gasteiger partial charge in [0.05, 0.1) is 11.5 Å². The maximum atomic E-state index is 13.4. The van der Waals surface area contributed by atoms with Crippen molar-refractivity contribution in [3.8, 4) is 17.2 Å². The van der Waals surface area contributed by atoms with E-state index in [0.717, 1.165) is 24.2 Å². The van der Waals surface area contributed by atoms with Gasteiger partial charge < -0.3 is 24.6 Å². The molecular formula is C31H31F3N2O5. The van der Waals surface area contributed by atoms with E-state index in [1.165, 1.54) is 48.1 Å². The first-order valence-electron chi connectivity index (χ1n) is 14.0. The number of piperidine rings is 1. The molecule has 2 N–H and O–H groups in total. The Morgan fingerprint density at radius 1 is 1.27 bits per heavy atom. The third kappa shape index (κ3) is 4.06. The number of aliphatic hydroxyl groups is 1. The van der Waals surface area contributed by atoms with E-state index in [1.54, 1.807) is 19.2 Å². The standard InChI is InChI=1S/C31H31F3N2O5/c1-35(25(38)10-7-18-3-2-4-21(15-18)41-31(32,33)34)22-11-12-30(39)24-16-20-8-9-23(37)27-26(20)29(30,28(22)40-27)13-14-36(24)17-19-5-6-19/h2-4,7-12,15,19,22,24,28,37,39H,5-6,13-14,16-17H2,1H3/t22-,24+,28-,29-,30+/m0/s1. The average Bonchev–Trinajstić information content (AvgIpc) is 3.66. The second-order valence-corrected chi connectivity index (χ2v) is 11.9. The van der Waals surface area contributed by atoms with Crippen LogP contribution in [0.1, 0.15) is 36.0 Å². The van der Waals surface area contributed by atoms with Gasteiger partial charge in [0.2, 0.25) is 5.91 Å². The largest absolute Gasteiger partial charge is 0.573 e. The van der Waals surface area contributed by atoms with Gasteiger partial charge >= 0.3 is 6.36 Å². The number of carbonyl (C=O) groups is 1. The van der Waals surface area contributed by atoms with Crippen molar-refractivity contribution in [2.24, 2.45) is 5.92 Å². The van der Waals surface area contributed by atoms with E-state index in [4.69, 9.17) is 4.74 Å². The highest BCUT2D eigenvalue weighted by Gasteiger charge is 2.72. The predicted octanol–water partition coefficient (Wildman–Crippen LogP) is 4.17. The maximum absolute atomic E-state index is 13.4. The van der Waals surface area contributed by atoms with Crippen molar-refractivity contribution in [1.29, 1.82) is 0 Å². The summed E-state index contributed by atoms with van der Waals surface area (Å²) in [5, 5.41) is 23.3. The molecule has 2 aliphatic heterocycles. The Bertz CT molecular complexity index is 1470. The van der Waals surface area contributed by atoms with E-state index < -0.39 is 29.5 Å². The Hall–Kier alpha value is -3.50. The molecule has 5 atom stereocenters. The topological polar surface area (TPSA) is 82.5 Å². The summed E-state index contributed by atoms with van der Waals surface area (Å²) in [5.41, 5.74) is 0.212. The predicted molar refractivity (Wildman–Crippen MR) is 143 cm³/mol. The van der Waals surface area contributed by atoms with E-state index in [0.29, 0.717) is 30.1 Å². The maximum Gasteiger partial charge on any atom is 0.573 e. The average molecular weight is 569 g/mol. The van der Waals surface area contributed by atoms with Crippen LogP contribution in [0.15, 0.2) is 54.6 Å². The zero-order valence-corrected chi connectivity index (χ0v) is 22.5. The molecule has 2 heterocycles. The van der Waals surface area contributed by atoms with Crippen LogP contribution in [0.4, 0.5) is 13.2 Å². The first-order valence-corrected chi connectivity index (χ1v) is 14.0. The van der Waals surface area contributed by atoms with Crippen LogP contribution in [0, 0.1) is 5.92 Å². The SMILES string of the molecule is CN(C(=O)C=Cc1cccc(OC(F)(F)F)c1)[C@H]1C=C[C@@]2(O)[C@H]3Cc4ccc(O)c5c4[C@@]2(CCN3CC2CC2)[C@H]1O5. The molecule has 1 spiro atoms. The Kier molecular flexibility index (Phi) is 5.79. The van der Waals surface area contributed by atoms with Crippen LogP contribution in [-0.4, -0.2) is 76.2 Å². The molecule has 1 amide bonds. The van der Waals surface area contributed by atoms with E-state index in [9.17, 15) is 28.2 Å². The fourth-order valence-electron chi connectivity index (χ4n) is 7.60. The normalized spacial score (nSPS) is 31.6. The van der Waals surface area contributed by atoms with Crippen LogP contribution in [0.3, 0.4) is 0 Å². The Labute approximate surface area is 235 Å². The van der Waals surface area contributed by atoms with E-state index >= 15 is 0 Å². The van der Waals surface area contributed by atoms with E-state index in [2.05, 4.69) is 9.64 Å². The van der Waals surface area contributed by atoms with Gasteiger partial charge in [-0.3, -0.25) is 9.69 Å². The zero-order chi connectivity index (χ0) is 28.7. The summed E-state index contributed by atoms with van der Waals surface area (Å²) < 4.78 is 48.4. The summed E-state index contributed by atoms with van der Waals surface area (Å²) in [7, 11) is 1.64. The number of amides is 1. The lowest BCUT2D eigenvalue weighted by atomic mass is 9.50. The molecule has 3 aliphatic carbocycles. The van der Waals surface area contributed by atoms with Crippen LogP contribution in [0.25, 0.3) is 6.08 Å². The molecule has 10 heteroatoms. The number of phenolic OH excluding ortho intramolecular Hbond substituents is 1. The number of carbonyl (C=O) groups excluding carboxylic acids is 1. The summed E-state index contributed by atoms with van der Waals surface area (Å²) in [5.74, 6) is 0.304. The van der Waals surface area contributed by atoms with E-state index in [1.807, 2.05) is 18.2 Å². The molecule has 0 radical (unpaired) electrons. The molecule has 2 fully saturated rings. The molecule has 0 unspecified atom stereocenters.